The third kappa shape index (κ3) is 1.58. The molecule has 2 rings (SSSR count). The molecule has 0 radical (unpaired) electrons. The maximum atomic E-state index is 4.93. The molecule has 3 nitrogen and oxygen atoms in total. The summed E-state index contributed by atoms with van der Waals surface area (Å²) in [7, 11) is 0. The van der Waals surface area contributed by atoms with Gasteiger partial charge in [0.25, 0.3) is 0 Å². The van der Waals surface area contributed by atoms with Crippen molar-refractivity contribution >= 4 is 11.3 Å². The first-order chi connectivity index (χ1) is 5.40. The van der Waals surface area contributed by atoms with Crippen molar-refractivity contribution in [3.8, 4) is 0 Å². The average molecular weight is 170 g/mol. The lowest BCUT2D eigenvalue weighted by molar-refractivity contribution is 0.121. The van der Waals surface area contributed by atoms with Crippen molar-refractivity contribution in [3.05, 3.63) is 16.1 Å². The van der Waals surface area contributed by atoms with E-state index in [4.69, 9.17) is 5.90 Å². The summed E-state index contributed by atoms with van der Waals surface area (Å²) in [6.07, 6.45) is 2.60. The van der Waals surface area contributed by atoms with Crippen LogP contribution in [0.25, 0.3) is 0 Å². The van der Waals surface area contributed by atoms with Crippen molar-refractivity contribution in [2.45, 2.75) is 25.4 Å². The number of aromatic nitrogens is 1. The Morgan fingerprint density at radius 1 is 1.73 bits per heavy atom. The zero-order chi connectivity index (χ0) is 7.68. The molecule has 60 valence electrons. The molecular weight excluding hydrogens is 160 g/mol. The Bertz CT molecular complexity index is 244. The van der Waals surface area contributed by atoms with Crippen LogP contribution in [-0.4, -0.2) is 4.98 Å². The van der Waals surface area contributed by atoms with E-state index in [0.29, 0.717) is 6.61 Å². The van der Waals surface area contributed by atoms with Crippen LogP contribution in [0.15, 0.2) is 5.38 Å². The normalized spacial score (nSPS) is 17.2. The minimum atomic E-state index is 0.434. The first-order valence-corrected chi connectivity index (χ1v) is 4.54. The van der Waals surface area contributed by atoms with Gasteiger partial charge in [0.05, 0.1) is 10.7 Å². The second kappa shape index (κ2) is 2.89. The molecule has 0 unspecified atom stereocenters. The maximum Gasteiger partial charge on any atom is 0.111 e. The van der Waals surface area contributed by atoms with Crippen LogP contribution in [-0.2, 0) is 11.4 Å². The van der Waals surface area contributed by atoms with E-state index in [1.165, 1.54) is 17.8 Å². The molecule has 1 aromatic heterocycles. The van der Waals surface area contributed by atoms with E-state index in [2.05, 4.69) is 9.82 Å². The molecule has 0 amide bonds. The molecule has 0 aliphatic heterocycles. The summed E-state index contributed by atoms with van der Waals surface area (Å²) in [6, 6.07) is 0. The van der Waals surface area contributed by atoms with Gasteiger partial charge in [-0.1, -0.05) is 0 Å². The fourth-order valence-corrected chi connectivity index (χ4v) is 1.97. The van der Waals surface area contributed by atoms with Crippen molar-refractivity contribution < 1.29 is 4.84 Å². The molecule has 0 saturated heterocycles. The van der Waals surface area contributed by atoms with Crippen LogP contribution in [0.3, 0.4) is 0 Å². The minimum absolute atomic E-state index is 0.434. The molecule has 0 bridgehead atoms. The first-order valence-electron chi connectivity index (χ1n) is 3.66. The van der Waals surface area contributed by atoms with Gasteiger partial charge in [-0.15, -0.1) is 11.3 Å². The Morgan fingerprint density at radius 2 is 2.55 bits per heavy atom. The van der Waals surface area contributed by atoms with Gasteiger partial charge < -0.3 is 0 Å². The van der Waals surface area contributed by atoms with Gasteiger partial charge in [0, 0.05) is 11.3 Å². The molecule has 1 aliphatic carbocycles. The Balaban J connectivity index is 2.06. The zero-order valence-corrected chi connectivity index (χ0v) is 6.93. The third-order valence-corrected chi connectivity index (χ3v) is 2.78. The smallest absolute Gasteiger partial charge is 0.111 e. The summed E-state index contributed by atoms with van der Waals surface area (Å²) in [6.45, 7) is 0.434. The quantitative estimate of drug-likeness (QED) is 0.698. The predicted molar refractivity (Wildman–Crippen MR) is 43.1 cm³/mol. The summed E-state index contributed by atoms with van der Waals surface area (Å²) in [5.41, 5.74) is 0.958. The van der Waals surface area contributed by atoms with Gasteiger partial charge in [-0.3, -0.25) is 4.84 Å². The van der Waals surface area contributed by atoms with Crippen LogP contribution < -0.4 is 5.90 Å². The van der Waals surface area contributed by atoms with E-state index in [1.807, 2.05) is 5.38 Å². The van der Waals surface area contributed by atoms with Crippen LogP contribution in [0.2, 0.25) is 0 Å². The molecule has 0 atom stereocenters. The molecule has 1 saturated carbocycles. The molecule has 0 spiro atoms. The van der Waals surface area contributed by atoms with Crippen molar-refractivity contribution in [1.29, 1.82) is 0 Å². The highest BCUT2D eigenvalue weighted by atomic mass is 32.1. The molecule has 1 aliphatic rings. The summed E-state index contributed by atoms with van der Waals surface area (Å²) < 4.78 is 0. The summed E-state index contributed by atoms with van der Waals surface area (Å²) >= 11 is 1.71. The minimum Gasteiger partial charge on any atom is -0.298 e. The second-order valence-electron chi connectivity index (χ2n) is 2.76. The lowest BCUT2D eigenvalue weighted by atomic mass is 10.4. The molecular formula is C7H10N2OS. The molecule has 0 aromatic carbocycles. The number of rotatable bonds is 3. The van der Waals surface area contributed by atoms with E-state index in [-0.39, 0.29) is 0 Å². The third-order valence-electron chi connectivity index (χ3n) is 1.73. The second-order valence-corrected chi connectivity index (χ2v) is 3.65. The van der Waals surface area contributed by atoms with Crippen molar-refractivity contribution in [2.75, 3.05) is 0 Å². The van der Waals surface area contributed by atoms with Gasteiger partial charge in [0.1, 0.15) is 6.61 Å². The average Bonchev–Trinajstić information content (AvgIpc) is 2.75. The monoisotopic (exact) mass is 170 g/mol. The highest BCUT2D eigenvalue weighted by molar-refractivity contribution is 7.09. The van der Waals surface area contributed by atoms with E-state index >= 15 is 0 Å². The number of nitrogens with two attached hydrogens (primary N) is 1. The molecule has 1 heterocycles. The van der Waals surface area contributed by atoms with Crippen molar-refractivity contribution in [3.63, 3.8) is 0 Å². The van der Waals surface area contributed by atoms with Gasteiger partial charge in [-0.25, -0.2) is 10.9 Å². The van der Waals surface area contributed by atoms with E-state index in [0.717, 1.165) is 11.6 Å². The Morgan fingerprint density at radius 3 is 3.18 bits per heavy atom. The van der Waals surface area contributed by atoms with E-state index < -0.39 is 0 Å². The van der Waals surface area contributed by atoms with Crippen LogP contribution in [0.4, 0.5) is 0 Å². The predicted octanol–water partition coefficient (Wildman–Crippen LogP) is 1.41. The van der Waals surface area contributed by atoms with Crippen LogP contribution in [0.5, 0.6) is 0 Å². The van der Waals surface area contributed by atoms with Gasteiger partial charge in [-0.05, 0) is 12.8 Å². The van der Waals surface area contributed by atoms with Crippen LogP contribution >= 0.6 is 11.3 Å². The van der Waals surface area contributed by atoms with E-state index in [9.17, 15) is 0 Å². The number of hydrogen-bond donors (Lipinski definition) is 1. The highest BCUT2D eigenvalue weighted by Gasteiger charge is 2.26. The Labute approximate surface area is 69.2 Å². The first kappa shape index (κ1) is 7.21. The van der Waals surface area contributed by atoms with Crippen LogP contribution in [0, 0.1) is 0 Å². The van der Waals surface area contributed by atoms with Crippen molar-refractivity contribution in [2.24, 2.45) is 5.90 Å². The maximum absolute atomic E-state index is 4.93. The molecule has 1 aromatic rings. The molecule has 4 heteroatoms. The van der Waals surface area contributed by atoms with Crippen LogP contribution in [0.1, 0.15) is 29.5 Å². The van der Waals surface area contributed by atoms with Gasteiger partial charge in [0.15, 0.2) is 0 Å². The molecule has 1 fully saturated rings. The van der Waals surface area contributed by atoms with Gasteiger partial charge >= 0.3 is 0 Å². The molecule has 2 N–H and O–H groups in total. The lowest BCUT2D eigenvalue weighted by Gasteiger charge is -1.89. The van der Waals surface area contributed by atoms with E-state index in [1.54, 1.807) is 11.3 Å². The molecule has 11 heavy (non-hydrogen) atoms. The standard InChI is InChI=1S/C7H10N2OS/c8-10-3-6-4-11-7(9-6)5-1-2-5/h4-5H,1-3,8H2. The van der Waals surface area contributed by atoms with Gasteiger partial charge in [0.2, 0.25) is 0 Å². The number of thiazole rings is 1. The number of nitrogens with zero attached hydrogens (tertiary/aromatic N) is 1. The summed E-state index contributed by atoms with van der Waals surface area (Å²) in [5.74, 6) is 5.67. The highest BCUT2D eigenvalue weighted by Crippen LogP contribution is 2.41. The largest absolute Gasteiger partial charge is 0.298 e. The lowest BCUT2D eigenvalue weighted by Crippen LogP contribution is -1.98. The van der Waals surface area contributed by atoms with Crippen molar-refractivity contribution in [1.82, 2.24) is 4.98 Å². The Kier molecular flexibility index (Phi) is 1.89. The number of hydrogen-bond acceptors (Lipinski definition) is 4. The fraction of sp³-hybridized carbons (Fsp3) is 0.571. The Hall–Kier alpha value is -0.450. The zero-order valence-electron chi connectivity index (χ0n) is 6.12. The topological polar surface area (TPSA) is 48.1 Å². The SMILES string of the molecule is NOCc1csc(C2CC2)n1. The summed E-state index contributed by atoms with van der Waals surface area (Å²) in [4.78, 5) is 8.86. The van der Waals surface area contributed by atoms with Gasteiger partial charge in [-0.2, -0.15) is 0 Å². The summed E-state index contributed by atoms with van der Waals surface area (Å²) in [5, 5.41) is 3.26. The fourth-order valence-electron chi connectivity index (χ4n) is 0.992.